The van der Waals surface area contributed by atoms with Crippen LogP contribution in [0.25, 0.3) is 0 Å². The van der Waals surface area contributed by atoms with Gasteiger partial charge in [0.05, 0.1) is 5.41 Å². The zero-order valence-corrected chi connectivity index (χ0v) is 18.4. The Balaban J connectivity index is 0.00000576. The van der Waals surface area contributed by atoms with Gasteiger partial charge in [-0.05, 0) is 46.1 Å². The van der Waals surface area contributed by atoms with Crippen molar-refractivity contribution >= 4 is 35.8 Å². The average molecular weight is 460 g/mol. The van der Waals surface area contributed by atoms with Crippen LogP contribution in [0, 0.1) is 5.41 Å². The lowest BCUT2D eigenvalue weighted by Crippen LogP contribution is -2.49. The third kappa shape index (κ3) is 9.09. The van der Waals surface area contributed by atoms with Crippen molar-refractivity contribution in [2.75, 3.05) is 20.1 Å². The monoisotopic (exact) mass is 460 g/mol. The quantitative estimate of drug-likeness (QED) is 0.318. The van der Waals surface area contributed by atoms with Gasteiger partial charge in [-0.3, -0.25) is 9.79 Å². The van der Waals surface area contributed by atoms with Crippen molar-refractivity contribution in [1.29, 1.82) is 0 Å². The second kappa shape index (κ2) is 12.1. The minimum absolute atomic E-state index is 0. The second-order valence-electron chi connectivity index (χ2n) is 6.74. The summed E-state index contributed by atoms with van der Waals surface area (Å²) in [7, 11) is 1.75. The van der Waals surface area contributed by atoms with Crippen molar-refractivity contribution in [3.8, 4) is 0 Å². The first-order chi connectivity index (χ1) is 11.4. The van der Waals surface area contributed by atoms with Gasteiger partial charge in [-0.2, -0.15) is 0 Å². The number of amides is 1. The molecule has 142 valence electrons. The zero-order chi connectivity index (χ0) is 18.0. The number of carbonyl (C=O) groups excluding carboxylic acids is 1. The van der Waals surface area contributed by atoms with E-state index in [-0.39, 0.29) is 29.9 Å². The third-order valence-corrected chi connectivity index (χ3v) is 3.97. The van der Waals surface area contributed by atoms with Crippen molar-refractivity contribution in [2.24, 2.45) is 10.4 Å². The highest BCUT2D eigenvalue weighted by Gasteiger charge is 2.27. The molecule has 1 amide bonds. The van der Waals surface area contributed by atoms with Gasteiger partial charge in [-0.1, -0.05) is 30.3 Å². The molecular weight excluding hydrogens is 427 g/mol. The van der Waals surface area contributed by atoms with Gasteiger partial charge >= 0.3 is 0 Å². The predicted octanol–water partition coefficient (Wildman–Crippen LogP) is 2.95. The molecule has 0 saturated heterocycles. The number of nitrogens with zero attached hydrogens (tertiary/aromatic N) is 1. The average Bonchev–Trinajstić information content (AvgIpc) is 2.58. The molecule has 0 aromatic heterocycles. The summed E-state index contributed by atoms with van der Waals surface area (Å²) in [4.78, 5) is 16.3. The Hall–Kier alpha value is -1.31. The molecule has 6 heteroatoms. The van der Waals surface area contributed by atoms with Gasteiger partial charge in [0.1, 0.15) is 0 Å². The first-order valence-electron chi connectivity index (χ1n) is 8.68. The molecule has 5 nitrogen and oxygen atoms in total. The van der Waals surface area contributed by atoms with Crippen molar-refractivity contribution in [2.45, 2.75) is 46.6 Å². The number of rotatable bonds is 8. The van der Waals surface area contributed by atoms with E-state index in [2.05, 4.69) is 52.1 Å². The maximum absolute atomic E-state index is 12.0. The maximum Gasteiger partial charge on any atom is 0.227 e. The molecule has 25 heavy (non-hydrogen) atoms. The van der Waals surface area contributed by atoms with Crippen LogP contribution < -0.4 is 16.0 Å². The van der Waals surface area contributed by atoms with Crippen LogP contribution >= 0.6 is 24.0 Å². The maximum atomic E-state index is 12.0. The first kappa shape index (κ1) is 23.7. The van der Waals surface area contributed by atoms with Crippen LogP contribution in [0.4, 0.5) is 0 Å². The Morgan fingerprint density at radius 2 is 1.84 bits per heavy atom. The van der Waals surface area contributed by atoms with E-state index >= 15 is 0 Å². The van der Waals surface area contributed by atoms with E-state index in [0.717, 1.165) is 18.8 Å². The molecule has 0 saturated carbocycles. The summed E-state index contributed by atoms with van der Waals surface area (Å²) in [6, 6.07) is 10.8. The van der Waals surface area contributed by atoms with Gasteiger partial charge in [0.15, 0.2) is 5.96 Å². The van der Waals surface area contributed by atoms with E-state index in [0.29, 0.717) is 19.1 Å². The zero-order valence-electron chi connectivity index (χ0n) is 16.1. The molecule has 0 aliphatic carbocycles. The Bertz CT molecular complexity index is 531. The molecule has 0 bridgehead atoms. The topological polar surface area (TPSA) is 65.5 Å². The fourth-order valence-electron chi connectivity index (χ4n) is 2.31. The molecule has 1 unspecified atom stereocenters. The molecule has 0 spiro atoms. The highest BCUT2D eigenvalue weighted by Crippen LogP contribution is 2.13. The summed E-state index contributed by atoms with van der Waals surface area (Å²) >= 11 is 0. The van der Waals surface area contributed by atoms with Crippen molar-refractivity contribution in [1.82, 2.24) is 16.0 Å². The normalized spacial score (nSPS) is 12.8. The number of aryl methyl sites for hydroxylation is 1. The van der Waals surface area contributed by atoms with E-state index in [1.54, 1.807) is 7.05 Å². The summed E-state index contributed by atoms with van der Waals surface area (Å²) in [5.41, 5.74) is 0.854. The molecule has 3 N–H and O–H groups in total. The number of hydrogen-bond acceptors (Lipinski definition) is 2. The van der Waals surface area contributed by atoms with Crippen LogP contribution in [0.2, 0.25) is 0 Å². The van der Waals surface area contributed by atoms with E-state index in [1.165, 1.54) is 5.56 Å². The van der Waals surface area contributed by atoms with Gasteiger partial charge in [0, 0.05) is 26.2 Å². The van der Waals surface area contributed by atoms with E-state index in [4.69, 9.17) is 0 Å². The minimum Gasteiger partial charge on any atom is -0.356 e. The Labute approximate surface area is 169 Å². The fourth-order valence-corrected chi connectivity index (χ4v) is 2.31. The molecule has 1 aromatic rings. The van der Waals surface area contributed by atoms with E-state index < -0.39 is 5.41 Å². The largest absolute Gasteiger partial charge is 0.356 e. The smallest absolute Gasteiger partial charge is 0.227 e. The lowest BCUT2D eigenvalue weighted by molar-refractivity contribution is -0.128. The van der Waals surface area contributed by atoms with Crippen LogP contribution in [0.1, 0.15) is 39.7 Å². The number of guanidine groups is 1. The Kier molecular flexibility index (Phi) is 11.5. The van der Waals surface area contributed by atoms with Gasteiger partial charge < -0.3 is 16.0 Å². The van der Waals surface area contributed by atoms with E-state index in [9.17, 15) is 4.79 Å². The Morgan fingerprint density at radius 1 is 1.20 bits per heavy atom. The predicted molar refractivity (Wildman–Crippen MR) is 117 cm³/mol. The van der Waals surface area contributed by atoms with Gasteiger partial charge in [-0.25, -0.2) is 0 Å². The molecule has 0 heterocycles. The van der Waals surface area contributed by atoms with Crippen LogP contribution in [0.3, 0.4) is 0 Å². The third-order valence-electron chi connectivity index (χ3n) is 3.97. The number of hydrogen-bond donors (Lipinski definition) is 3. The summed E-state index contributed by atoms with van der Waals surface area (Å²) in [5, 5.41) is 9.51. The number of benzene rings is 1. The van der Waals surface area contributed by atoms with Gasteiger partial charge in [-0.15, -0.1) is 24.0 Å². The standard InChI is InChI=1S/C19H32N4O.HI/c1-6-21-17(24)19(3,4)14-22-18(20-5)23-15(2)12-13-16-10-8-7-9-11-16;/h7-11,15H,6,12-14H2,1-5H3,(H,21,24)(H2,20,22,23);1H. The van der Waals surface area contributed by atoms with Gasteiger partial charge in [0.25, 0.3) is 0 Å². The van der Waals surface area contributed by atoms with Crippen LogP contribution in [-0.2, 0) is 11.2 Å². The lowest BCUT2D eigenvalue weighted by Gasteiger charge is -2.26. The molecule has 0 fully saturated rings. The van der Waals surface area contributed by atoms with E-state index in [1.807, 2.05) is 26.8 Å². The SMILES string of the molecule is CCNC(=O)C(C)(C)CNC(=NC)NC(C)CCc1ccccc1.I. The Morgan fingerprint density at radius 3 is 2.40 bits per heavy atom. The molecule has 0 aliphatic rings. The summed E-state index contributed by atoms with van der Waals surface area (Å²) in [6.45, 7) is 9.10. The molecule has 1 rings (SSSR count). The molecule has 1 aromatic carbocycles. The number of nitrogens with one attached hydrogen (secondary N) is 3. The second-order valence-corrected chi connectivity index (χ2v) is 6.74. The van der Waals surface area contributed by atoms with Crippen LogP contribution in [-0.4, -0.2) is 38.0 Å². The van der Waals surface area contributed by atoms with Crippen LogP contribution in [0.5, 0.6) is 0 Å². The van der Waals surface area contributed by atoms with Crippen LogP contribution in [0.15, 0.2) is 35.3 Å². The number of halogens is 1. The molecule has 0 aliphatic heterocycles. The van der Waals surface area contributed by atoms with Gasteiger partial charge in [0.2, 0.25) is 5.91 Å². The lowest BCUT2D eigenvalue weighted by atomic mass is 9.92. The number of aliphatic imine (C=N–C) groups is 1. The molecule has 0 radical (unpaired) electrons. The fraction of sp³-hybridized carbons (Fsp3) is 0.579. The first-order valence-corrected chi connectivity index (χ1v) is 8.68. The molecular formula is C19H33IN4O. The van der Waals surface area contributed by atoms with Crippen molar-refractivity contribution in [3.05, 3.63) is 35.9 Å². The summed E-state index contributed by atoms with van der Waals surface area (Å²) in [6.07, 6.45) is 2.04. The molecule has 1 atom stereocenters. The number of carbonyl (C=O) groups is 1. The van der Waals surface area contributed by atoms with Crippen molar-refractivity contribution in [3.63, 3.8) is 0 Å². The highest BCUT2D eigenvalue weighted by atomic mass is 127. The summed E-state index contributed by atoms with van der Waals surface area (Å²) < 4.78 is 0. The van der Waals surface area contributed by atoms with Crippen molar-refractivity contribution < 1.29 is 4.79 Å². The minimum atomic E-state index is -0.485. The summed E-state index contributed by atoms with van der Waals surface area (Å²) in [5.74, 6) is 0.776. The highest BCUT2D eigenvalue weighted by molar-refractivity contribution is 14.0.